The predicted molar refractivity (Wildman–Crippen MR) is 271 cm³/mol. The van der Waals surface area contributed by atoms with Crippen molar-refractivity contribution in [2.75, 3.05) is 13.2 Å². The number of aliphatic hydroxyl groups is 1. The molecule has 0 aromatic carbocycles. The molecule has 6 heteroatoms. The van der Waals surface area contributed by atoms with E-state index in [0.717, 1.165) is 122 Å². The Morgan fingerprint density at radius 3 is 1.14 bits per heavy atom. The van der Waals surface area contributed by atoms with E-state index in [1.165, 1.54) is 89.9 Å². The lowest BCUT2D eigenvalue weighted by atomic mass is 10.1. The van der Waals surface area contributed by atoms with Gasteiger partial charge in [0.15, 0.2) is 6.29 Å². The Morgan fingerprint density at radius 2 is 0.714 bits per heavy atom. The van der Waals surface area contributed by atoms with Crippen LogP contribution in [0.4, 0.5) is 0 Å². The van der Waals surface area contributed by atoms with Gasteiger partial charge in [-0.3, -0.25) is 9.59 Å². The topological polar surface area (TPSA) is 82.1 Å². The van der Waals surface area contributed by atoms with Gasteiger partial charge in [-0.05, 0) is 116 Å². The molecular weight excluding hydrogens is 781 g/mol. The highest BCUT2D eigenvalue weighted by Crippen LogP contribution is 2.15. The molecule has 6 nitrogen and oxygen atoms in total. The normalized spacial score (nSPS) is 13.3. The van der Waals surface area contributed by atoms with E-state index < -0.39 is 12.4 Å². The van der Waals surface area contributed by atoms with Crippen molar-refractivity contribution in [1.29, 1.82) is 0 Å². The zero-order valence-electron chi connectivity index (χ0n) is 41.4. The molecule has 364 valence electrons. The van der Waals surface area contributed by atoms with Gasteiger partial charge in [0, 0.05) is 12.8 Å². The van der Waals surface area contributed by atoms with Crippen LogP contribution < -0.4 is 0 Å². The van der Waals surface area contributed by atoms with Gasteiger partial charge in [-0.15, -0.1) is 0 Å². The van der Waals surface area contributed by atoms with E-state index in [0.29, 0.717) is 19.3 Å². The molecule has 0 aromatic rings. The summed E-state index contributed by atoms with van der Waals surface area (Å²) in [6.45, 7) is 6.59. The summed E-state index contributed by atoms with van der Waals surface area (Å²) < 4.78 is 17.1. The van der Waals surface area contributed by atoms with Gasteiger partial charge in [0.25, 0.3) is 0 Å². The fourth-order valence-corrected chi connectivity index (χ4v) is 7.29. The smallest absolute Gasteiger partial charge is 0.305 e. The van der Waals surface area contributed by atoms with Crippen LogP contribution in [0.1, 0.15) is 252 Å². The Kier molecular flexibility index (Phi) is 49.7. The zero-order chi connectivity index (χ0) is 45.8. The summed E-state index contributed by atoms with van der Waals surface area (Å²) in [4.78, 5) is 25.3. The van der Waals surface area contributed by atoms with Crippen LogP contribution in [0.25, 0.3) is 0 Å². The molecule has 0 radical (unpaired) electrons. The predicted octanol–water partition coefficient (Wildman–Crippen LogP) is 17.2. The van der Waals surface area contributed by atoms with Gasteiger partial charge in [-0.1, -0.05) is 196 Å². The number of aliphatic hydroxyl groups excluding tert-OH is 1. The molecular formula is C57H100O6. The minimum absolute atomic E-state index is 0.0309. The molecule has 0 heterocycles. The van der Waals surface area contributed by atoms with E-state index in [9.17, 15) is 14.7 Å². The van der Waals surface area contributed by atoms with Crippen LogP contribution in [0.3, 0.4) is 0 Å². The summed E-state index contributed by atoms with van der Waals surface area (Å²) >= 11 is 0. The summed E-state index contributed by atoms with van der Waals surface area (Å²) in [6, 6.07) is 0. The molecule has 0 aliphatic carbocycles. The van der Waals surface area contributed by atoms with Crippen LogP contribution in [-0.4, -0.2) is 42.7 Å². The third-order valence-electron chi connectivity index (χ3n) is 11.3. The lowest BCUT2D eigenvalue weighted by molar-refractivity contribution is -0.183. The van der Waals surface area contributed by atoms with Crippen molar-refractivity contribution in [2.45, 2.75) is 264 Å². The zero-order valence-corrected chi connectivity index (χ0v) is 41.4. The van der Waals surface area contributed by atoms with Crippen LogP contribution in [0.5, 0.6) is 0 Å². The molecule has 0 aromatic heterocycles. The molecule has 2 unspecified atom stereocenters. The Hall–Kier alpha value is -2.70. The fourth-order valence-electron chi connectivity index (χ4n) is 7.29. The highest BCUT2D eigenvalue weighted by atomic mass is 16.6. The van der Waals surface area contributed by atoms with Gasteiger partial charge < -0.3 is 19.3 Å². The molecule has 2 atom stereocenters. The quantitative estimate of drug-likeness (QED) is 0.0284. The van der Waals surface area contributed by atoms with E-state index in [1.807, 2.05) is 0 Å². The molecule has 0 saturated carbocycles. The third-order valence-corrected chi connectivity index (χ3v) is 11.3. The second-order valence-corrected chi connectivity index (χ2v) is 17.5. The van der Waals surface area contributed by atoms with E-state index >= 15 is 0 Å². The number of unbranched alkanes of at least 4 members (excludes halogenated alkanes) is 24. The van der Waals surface area contributed by atoms with Crippen LogP contribution in [0, 0.1) is 0 Å². The highest BCUT2D eigenvalue weighted by molar-refractivity contribution is 5.69. The Bertz CT molecular complexity index is 1150. The number of allylic oxidation sites excluding steroid dienone is 12. The minimum atomic E-state index is -0.988. The first kappa shape index (κ1) is 60.3. The molecule has 1 N–H and O–H groups in total. The summed E-state index contributed by atoms with van der Waals surface area (Å²) in [5.74, 6) is -0.539. The van der Waals surface area contributed by atoms with Crippen LogP contribution >= 0.6 is 0 Å². The number of carbonyl (C=O) groups excluding carboxylic acids is 2. The number of carbonyl (C=O) groups is 2. The van der Waals surface area contributed by atoms with Gasteiger partial charge >= 0.3 is 11.9 Å². The Balaban J connectivity index is 4.44. The molecule has 63 heavy (non-hydrogen) atoms. The average Bonchev–Trinajstić information content (AvgIpc) is 3.28. The summed E-state index contributed by atoms with van der Waals surface area (Å²) in [5.41, 5.74) is 0. The molecule has 0 spiro atoms. The molecule has 0 bridgehead atoms. The van der Waals surface area contributed by atoms with Gasteiger partial charge in [0.05, 0.1) is 0 Å². The Labute approximate surface area is 389 Å². The van der Waals surface area contributed by atoms with Crippen molar-refractivity contribution in [3.8, 4) is 0 Å². The molecule has 0 fully saturated rings. The average molecular weight is 881 g/mol. The van der Waals surface area contributed by atoms with Crippen molar-refractivity contribution in [2.24, 2.45) is 0 Å². The highest BCUT2D eigenvalue weighted by Gasteiger charge is 2.19. The lowest BCUT2D eigenvalue weighted by Gasteiger charge is -2.21. The number of ether oxygens (including phenoxy) is 3. The van der Waals surface area contributed by atoms with Crippen molar-refractivity contribution in [3.05, 3.63) is 72.9 Å². The van der Waals surface area contributed by atoms with Gasteiger partial charge in [0.2, 0.25) is 0 Å². The standard InChI is InChI=1S/C57H100O6/c1-4-7-10-13-16-19-22-25-28-31-34-37-40-43-46-49-55(58)61-52-54(63-57(60)51-48-45-42-39-36-33-30-27-24-21-18-15-12-9-6-3)53-62-56(59)50-47-44-41-38-35-32-29-26-23-20-17-14-11-8-5-2/h7,10,16-17,19-20,25-30,54,57,60H,4-6,8-9,11-15,18,21-24,31-53H2,1-3H3. The number of rotatable bonds is 48. The number of hydrogen-bond donors (Lipinski definition) is 1. The molecule has 0 aliphatic rings. The van der Waals surface area contributed by atoms with Crippen molar-refractivity contribution in [1.82, 2.24) is 0 Å². The van der Waals surface area contributed by atoms with E-state index in [4.69, 9.17) is 14.2 Å². The summed E-state index contributed by atoms with van der Waals surface area (Å²) in [5, 5.41) is 10.7. The van der Waals surface area contributed by atoms with Gasteiger partial charge in [-0.25, -0.2) is 0 Å². The number of hydrogen-bond acceptors (Lipinski definition) is 6. The first-order valence-electron chi connectivity index (χ1n) is 26.6. The van der Waals surface area contributed by atoms with Crippen LogP contribution in [-0.2, 0) is 23.8 Å². The van der Waals surface area contributed by atoms with E-state index in [1.54, 1.807) is 0 Å². The fraction of sp³-hybridized carbons (Fsp3) is 0.754. The SMILES string of the molecule is CCC=CCC=CCC=CCCCCCCCC(=O)OCC(COC(=O)CCCCCCCC=CCC=CCCCCC)OC(O)CCCCCCCC=CCCCCCCCC. The lowest BCUT2D eigenvalue weighted by Crippen LogP contribution is -2.32. The maximum absolute atomic E-state index is 12.6. The van der Waals surface area contributed by atoms with Gasteiger partial charge in [-0.2, -0.15) is 0 Å². The number of esters is 2. The maximum atomic E-state index is 12.6. The van der Waals surface area contributed by atoms with Crippen LogP contribution in [0.15, 0.2) is 72.9 Å². The van der Waals surface area contributed by atoms with Crippen LogP contribution in [0.2, 0.25) is 0 Å². The molecule has 0 amide bonds. The van der Waals surface area contributed by atoms with Crippen molar-refractivity contribution < 1.29 is 28.9 Å². The second kappa shape index (κ2) is 51.9. The molecule has 0 saturated heterocycles. The van der Waals surface area contributed by atoms with Crippen molar-refractivity contribution in [3.63, 3.8) is 0 Å². The summed E-state index contributed by atoms with van der Waals surface area (Å²) in [7, 11) is 0. The monoisotopic (exact) mass is 881 g/mol. The second-order valence-electron chi connectivity index (χ2n) is 17.5. The third kappa shape index (κ3) is 50.2. The summed E-state index contributed by atoms with van der Waals surface area (Å²) in [6.07, 6.45) is 64.4. The van der Waals surface area contributed by atoms with Crippen molar-refractivity contribution >= 4 is 11.9 Å². The first-order valence-corrected chi connectivity index (χ1v) is 26.6. The minimum Gasteiger partial charge on any atom is -0.463 e. The van der Waals surface area contributed by atoms with E-state index in [-0.39, 0.29) is 25.2 Å². The largest absolute Gasteiger partial charge is 0.463 e. The molecule has 0 aliphatic heterocycles. The molecule has 0 rings (SSSR count). The first-order chi connectivity index (χ1) is 31.0. The van der Waals surface area contributed by atoms with E-state index in [2.05, 4.69) is 93.7 Å². The maximum Gasteiger partial charge on any atom is 0.305 e. The Morgan fingerprint density at radius 1 is 0.397 bits per heavy atom. The van der Waals surface area contributed by atoms with Gasteiger partial charge in [0.1, 0.15) is 19.3 Å².